The molecule has 2 aliphatic rings. The van der Waals surface area contributed by atoms with Crippen molar-refractivity contribution in [2.75, 3.05) is 27.9 Å². The van der Waals surface area contributed by atoms with Gasteiger partial charge in [0.25, 0.3) is 0 Å². The molecule has 8 nitrogen and oxygen atoms in total. The number of aromatic amines is 1. The van der Waals surface area contributed by atoms with Crippen LogP contribution in [0.2, 0.25) is 0 Å². The lowest BCUT2D eigenvalue weighted by Gasteiger charge is -2.24. The van der Waals surface area contributed by atoms with Gasteiger partial charge in [-0.3, -0.25) is 9.59 Å². The van der Waals surface area contributed by atoms with Crippen LogP contribution >= 0.6 is 0 Å². The van der Waals surface area contributed by atoms with Crippen molar-refractivity contribution in [3.8, 4) is 17.2 Å². The van der Waals surface area contributed by atoms with Gasteiger partial charge < -0.3 is 29.4 Å². The predicted octanol–water partition coefficient (Wildman–Crippen LogP) is 4.13. The summed E-state index contributed by atoms with van der Waals surface area (Å²) in [6, 6.07) is 9.64. The number of nitrogens with zero attached hydrogens (tertiary/aromatic N) is 1. The SMILES string of the molecule is COc1ccc2[nH]c3c(c2c1)CCC[C@@H]3NC(=O)CCN1C=Cc2cc(OC)c(OC)cc2CC1=O. The number of H-pyrrole nitrogens is 1. The third-order valence-electron chi connectivity index (χ3n) is 7.07. The van der Waals surface area contributed by atoms with Gasteiger partial charge in [0.1, 0.15) is 5.75 Å². The lowest BCUT2D eigenvalue weighted by molar-refractivity contribution is -0.128. The zero-order chi connectivity index (χ0) is 25.2. The van der Waals surface area contributed by atoms with E-state index in [0.29, 0.717) is 18.0 Å². The topological polar surface area (TPSA) is 92.9 Å². The van der Waals surface area contributed by atoms with Crippen molar-refractivity contribution < 1.29 is 23.8 Å². The number of hydrogen-bond acceptors (Lipinski definition) is 5. The Bertz CT molecular complexity index is 1340. The number of ether oxygens (including phenoxy) is 3. The third kappa shape index (κ3) is 4.51. The molecule has 36 heavy (non-hydrogen) atoms. The molecule has 2 heterocycles. The molecule has 0 unspecified atom stereocenters. The molecular weight excluding hydrogens is 458 g/mol. The number of rotatable bonds is 7. The molecule has 1 aliphatic carbocycles. The Balaban J connectivity index is 1.25. The Morgan fingerprint density at radius 1 is 1.11 bits per heavy atom. The molecule has 1 aliphatic heterocycles. The van der Waals surface area contributed by atoms with Crippen molar-refractivity contribution in [1.82, 2.24) is 15.2 Å². The van der Waals surface area contributed by atoms with Gasteiger partial charge in [0.2, 0.25) is 11.8 Å². The molecule has 188 valence electrons. The van der Waals surface area contributed by atoms with Crippen molar-refractivity contribution in [2.45, 2.75) is 38.1 Å². The van der Waals surface area contributed by atoms with E-state index in [4.69, 9.17) is 14.2 Å². The number of nitrogens with one attached hydrogen (secondary N) is 2. The van der Waals surface area contributed by atoms with Crippen LogP contribution in [-0.4, -0.2) is 49.6 Å². The van der Waals surface area contributed by atoms with E-state index in [9.17, 15) is 9.59 Å². The second-order valence-corrected chi connectivity index (χ2v) is 9.18. The summed E-state index contributed by atoms with van der Waals surface area (Å²) >= 11 is 0. The third-order valence-corrected chi connectivity index (χ3v) is 7.07. The number of amides is 2. The highest BCUT2D eigenvalue weighted by atomic mass is 16.5. The van der Waals surface area contributed by atoms with Crippen LogP contribution in [0.1, 0.15) is 47.7 Å². The van der Waals surface area contributed by atoms with Gasteiger partial charge in [0, 0.05) is 35.8 Å². The van der Waals surface area contributed by atoms with Crippen molar-refractivity contribution in [3.63, 3.8) is 0 Å². The normalized spacial score (nSPS) is 16.8. The monoisotopic (exact) mass is 489 g/mol. The number of aryl methyl sites for hydroxylation is 1. The molecule has 0 saturated carbocycles. The molecule has 0 bridgehead atoms. The number of fused-ring (bicyclic) bond motifs is 4. The summed E-state index contributed by atoms with van der Waals surface area (Å²) in [6.07, 6.45) is 6.93. The molecule has 8 heteroatoms. The standard InChI is InChI=1S/C28H31N3O5/c1-34-19-7-8-22-21(16-19)20-5-4-6-23(28(20)30-22)29-26(32)10-12-31-11-9-17-13-24(35-2)25(36-3)14-18(17)15-27(31)33/h7-9,11,13-14,16,23,30H,4-6,10,12,15H2,1-3H3,(H,29,32)/t23-/m0/s1. The van der Waals surface area contributed by atoms with Crippen LogP contribution in [0.3, 0.4) is 0 Å². The van der Waals surface area contributed by atoms with E-state index in [0.717, 1.165) is 52.7 Å². The van der Waals surface area contributed by atoms with Gasteiger partial charge in [-0.25, -0.2) is 0 Å². The fraction of sp³-hybridized carbons (Fsp3) is 0.357. The van der Waals surface area contributed by atoms with Crippen LogP contribution < -0.4 is 19.5 Å². The first-order valence-corrected chi connectivity index (χ1v) is 12.2. The molecule has 0 fully saturated rings. The zero-order valence-electron chi connectivity index (χ0n) is 20.8. The first-order chi connectivity index (χ1) is 17.5. The van der Waals surface area contributed by atoms with Gasteiger partial charge in [-0.1, -0.05) is 0 Å². The Labute approximate surface area is 210 Å². The van der Waals surface area contributed by atoms with E-state index in [1.54, 1.807) is 32.4 Å². The molecule has 5 rings (SSSR count). The zero-order valence-corrected chi connectivity index (χ0v) is 20.8. The highest BCUT2D eigenvalue weighted by Crippen LogP contribution is 2.36. The average Bonchev–Trinajstić information content (AvgIpc) is 3.19. The minimum absolute atomic E-state index is 0.0606. The molecule has 2 aromatic carbocycles. The van der Waals surface area contributed by atoms with Gasteiger partial charge in [0.05, 0.1) is 33.8 Å². The number of carbonyl (C=O) groups excluding carboxylic acids is 2. The van der Waals surface area contributed by atoms with E-state index in [1.807, 2.05) is 30.3 Å². The maximum Gasteiger partial charge on any atom is 0.230 e. The smallest absolute Gasteiger partial charge is 0.230 e. The summed E-state index contributed by atoms with van der Waals surface area (Å²) in [5.74, 6) is 1.89. The lowest BCUT2D eigenvalue weighted by atomic mass is 9.91. The second kappa shape index (κ2) is 9.97. The molecule has 3 aromatic rings. The van der Waals surface area contributed by atoms with Crippen LogP contribution in [-0.2, 0) is 22.4 Å². The van der Waals surface area contributed by atoms with E-state index in [-0.39, 0.29) is 30.7 Å². The average molecular weight is 490 g/mol. The van der Waals surface area contributed by atoms with Gasteiger partial charge in [0.15, 0.2) is 11.5 Å². The summed E-state index contributed by atoms with van der Waals surface area (Å²) < 4.78 is 16.2. The van der Waals surface area contributed by atoms with E-state index < -0.39 is 0 Å². The molecule has 2 N–H and O–H groups in total. The minimum atomic E-state index is -0.0737. The van der Waals surface area contributed by atoms with Gasteiger partial charge in [-0.05, 0) is 72.4 Å². The van der Waals surface area contributed by atoms with Crippen molar-refractivity contribution in [2.24, 2.45) is 0 Å². The van der Waals surface area contributed by atoms with Crippen molar-refractivity contribution in [3.05, 3.63) is 58.9 Å². The quantitative estimate of drug-likeness (QED) is 0.521. The maximum atomic E-state index is 12.9. The molecule has 1 atom stereocenters. The Hall–Kier alpha value is -3.94. The molecular formula is C28H31N3O5. The summed E-state index contributed by atoms with van der Waals surface area (Å²) in [5, 5.41) is 4.33. The molecule has 2 amide bonds. The van der Waals surface area contributed by atoms with Crippen LogP contribution in [0.4, 0.5) is 0 Å². The number of benzene rings is 2. The lowest BCUT2D eigenvalue weighted by Crippen LogP contribution is -2.35. The van der Waals surface area contributed by atoms with Crippen LogP contribution in [0.15, 0.2) is 36.5 Å². The Morgan fingerprint density at radius 2 is 1.92 bits per heavy atom. The van der Waals surface area contributed by atoms with Crippen LogP contribution in [0.25, 0.3) is 17.0 Å². The van der Waals surface area contributed by atoms with E-state index in [1.165, 1.54) is 5.56 Å². The summed E-state index contributed by atoms with van der Waals surface area (Å²) in [7, 11) is 4.83. The fourth-order valence-electron chi connectivity index (χ4n) is 5.16. The van der Waals surface area contributed by atoms with Gasteiger partial charge in [-0.2, -0.15) is 0 Å². The number of aromatic nitrogens is 1. The molecule has 1 aromatic heterocycles. The minimum Gasteiger partial charge on any atom is -0.497 e. The van der Waals surface area contributed by atoms with E-state index in [2.05, 4.69) is 16.4 Å². The first-order valence-electron chi connectivity index (χ1n) is 12.2. The van der Waals surface area contributed by atoms with Crippen LogP contribution in [0.5, 0.6) is 17.2 Å². The predicted molar refractivity (Wildman–Crippen MR) is 137 cm³/mol. The highest BCUT2D eigenvalue weighted by Gasteiger charge is 2.26. The van der Waals surface area contributed by atoms with Crippen molar-refractivity contribution >= 4 is 28.8 Å². The van der Waals surface area contributed by atoms with Crippen LogP contribution in [0, 0.1) is 0 Å². The highest BCUT2D eigenvalue weighted by molar-refractivity contribution is 5.87. The largest absolute Gasteiger partial charge is 0.497 e. The molecule has 0 saturated heterocycles. The van der Waals surface area contributed by atoms with Crippen molar-refractivity contribution in [1.29, 1.82) is 0 Å². The van der Waals surface area contributed by atoms with Gasteiger partial charge in [-0.15, -0.1) is 0 Å². The molecule has 0 spiro atoms. The van der Waals surface area contributed by atoms with E-state index >= 15 is 0 Å². The van der Waals surface area contributed by atoms with Gasteiger partial charge >= 0.3 is 0 Å². The first kappa shape index (κ1) is 23.8. The number of methoxy groups -OCH3 is 3. The summed E-state index contributed by atoms with van der Waals surface area (Å²) in [6.45, 7) is 0.312. The summed E-state index contributed by atoms with van der Waals surface area (Å²) in [4.78, 5) is 30.9. The summed E-state index contributed by atoms with van der Waals surface area (Å²) in [5.41, 5.74) is 5.14. The Kier molecular flexibility index (Phi) is 6.59. The maximum absolute atomic E-state index is 12.9. The Morgan fingerprint density at radius 3 is 2.69 bits per heavy atom. The second-order valence-electron chi connectivity index (χ2n) is 9.18. The molecule has 0 radical (unpaired) electrons. The number of hydrogen-bond donors (Lipinski definition) is 2. The number of carbonyl (C=O) groups is 2. The fourth-order valence-corrected chi connectivity index (χ4v) is 5.16.